The summed E-state index contributed by atoms with van der Waals surface area (Å²) in [5, 5.41) is 4.26. The maximum absolute atomic E-state index is 6.03. The van der Waals surface area contributed by atoms with Crippen molar-refractivity contribution in [2.75, 3.05) is 34.0 Å². The lowest BCUT2D eigenvalue weighted by atomic mass is 10.2. The zero-order chi connectivity index (χ0) is 11.9. The normalized spacial score (nSPS) is 11.3. The number of methoxy groups -OCH3 is 1. The topological polar surface area (TPSA) is 52.5 Å². The first kappa shape index (κ1) is 13.3. The highest BCUT2D eigenvalue weighted by Crippen LogP contribution is 2.33. The molecule has 0 fully saturated rings. The molecule has 0 aliphatic heterocycles. The van der Waals surface area contributed by atoms with Gasteiger partial charge in [-0.15, -0.1) is 5.10 Å². The van der Waals surface area contributed by atoms with Crippen LogP contribution < -0.4 is 15.0 Å². The van der Waals surface area contributed by atoms with E-state index >= 15 is 0 Å². The second-order valence-electron chi connectivity index (χ2n) is 4.62. The van der Waals surface area contributed by atoms with Gasteiger partial charge in [0.2, 0.25) is 0 Å². The number of pyridine rings is 1. The predicted octanol–water partition coefficient (Wildman–Crippen LogP) is 1.57. The van der Waals surface area contributed by atoms with E-state index in [0.29, 0.717) is 16.1 Å². The SMILES string of the molecule is COc1nn2cccc([N+](C)(C)C)c2c1N.[CH3-]. The van der Waals surface area contributed by atoms with Crippen LogP contribution in [0, 0.1) is 7.43 Å². The van der Waals surface area contributed by atoms with Gasteiger partial charge < -0.3 is 17.9 Å². The van der Waals surface area contributed by atoms with Gasteiger partial charge in [-0.2, -0.15) is 0 Å². The van der Waals surface area contributed by atoms with Crippen LogP contribution in [0.5, 0.6) is 5.88 Å². The van der Waals surface area contributed by atoms with E-state index in [0.717, 1.165) is 11.2 Å². The lowest BCUT2D eigenvalue weighted by molar-refractivity contribution is 0.397. The molecule has 2 aromatic heterocycles. The van der Waals surface area contributed by atoms with Gasteiger partial charge in [-0.3, -0.25) is 4.48 Å². The molecule has 0 atom stereocenters. The molecule has 0 radical (unpaired) electrons. The van der Waals surface area contributed by atoms with Gasteiger partial charge in [-0.05, 0) is 6.07 Å². The Morgan fingerprint density at radius 3 is 2.53 bits per heavy atom. The fourth-order valence-electron chi connectivity index (χ4n) is 1.78. The van der Waals surface area contributed by atoms with Crippen molar-refractivity contribution in [3.63, 3.8) is 0 Å². The van der Waals surface area contributed by atoms with E-state index in [-0.39, 0.29) is 7.43 Å². The molecule has 0 aliphatic rings. The van der Waals surface area contributed by atoms with Crippen LogP contribution in [-0.2, 0) is 0 Å². The van der Waals surface area contributed by atoms with Gasteiger partial charge in [-0.25, -0.2) is 4.52 Å². The van der Waals surface area contributed by atoms with Crippen LogP contribution >= 0.6 is 0 Å². The number of quaternary nitrogens is 1. The number of anilines is 1. The molecule has 0 spiro atoms. The molecule has 0 saturated carbocycles. The second kappa shape index (κ2) is 4.25. The van der Waals surface area contributed by atoms with E-state index in [1.807, 2.05) is 18.3 Å². The summed E-state index contributed by atoms with van der Waals surface area (Å²) in [6.07, 6.45) is 1.87. The molecule has 94 valence electrons. The summed E-state index contributed by atoms with van der Waals surface area (Å²) < 4.78 is 7.57. The number of aromatic nitrogens is 2. The Labute approximate surface area is 102 Å². The minimum Gasteiger partial charge on any atom is -0.478 e. The molecule has 0 aromatic carbocycles. The van der Waals surface area contributed by atoms with E-state index in [4.69, 9.17) is 10.5 Å². The molecule has 0 bridgehead atoms. The number of ether oxygens (including phenoxy) is 1. The lowest BCUT2D eigenvalue weighted by Gasteiger charge is -2.23. The fourth-order valence-corrected chi connectivity index (χ4v) is 1.78. The molecule has 2 aromatic rings. The van der Waals surface area contributed by atoms with Gasteiger partial charge in [0.15, 0.2) is 11.2 Å². The maximum Gasteiger partial charge on any atom is 0.257 e. The summed E-state index contributed by atoms with van der Waals surface area (Å²) in [6, 6.07) is 4.00. The van der Waals surface area contributed by atoms with E-state index in [9.17, 15) is 0 Å². The van der Waals surface area contributed by atoms with Crippen LogP contribution in [0.4, 0.5) is 11.4 Å². The monoisotopic (exact) mass is 236 g/mol. The maximum atomic E-state index is 6.03. The van der Waals surface area contributed by atoms with Crippen molar-refractivity contribution in [3.8, 4) is 5.88 Å². The fraction of sp³-hybridized carbons (Fsp3) is 0.333. The molecule has 17 heavy (non-hydrogen) atoms. The molecule has 5 nitrogen and oxygen atoms in total. The van der Waals surface area contributed by atoms with Gasteiger partial charge in [0.25, 0.3) is 5.88 Å². The van der Waals surface area contributed by atoms with Gasteiger partial charge in [-0.1, -0.05) is 0 Å². The molecule has 5 heteroatoms. The van der Waals surface area contributed by atoms with Crippen molar-refractivity contribution >= 4 is 16.9 Å². The van der Waals surface area contributed by atoms with Gasteiger partial charge in [0, 0.05) is 12.3 Å². The molecule has 0 saturated heterocycles. The van der Waals surface area contributed by atoms with E-state index in [1.165, 1.54) is 0 Å². The van der Waals surface area contributed by atoms with Crippen molar-refractivity contribution in [2.24, 2.45) is 0 Å². The minimum atomic E-state index is 0. The quantitative estimate of drug-likeness (QED) is 0.636. The van der Waals surface area contributed by atoms with Crippen molar-refractivity contribution in [2.45, 2.75) is 0 Å². The summed E-state index contributed by atoms with van der Waals surface area (Å²) in [6.45, 7) is 0. The van der Waals surface area contributed by atoms with Crippen molar-refractivity contribution < 1.29 is 4.74 Å². The molecule has 0 amide bonds. The highest BCUT2D eigenvalue weighted by Gasteiger charge is 2.22. The number of nitrogen functional groups attached to an aromatic ring is 1. The van der Waals surface area contributed by atoms with Crippen molar-refractivity contribution in [3.05, 3.63) is 25.8 Å². The minimum absolute atomic E-state index is 0. The van der Waals surface area contributed by atoms with Crippen LogP contribution in [0.3, 0.4) is 0 Å². The molecular weight excluding hydrogens is 216 g/mol. The third-order valence-corrected chi connectivity index (χ3v) is 2.55. The van der Waals surface area contributed by atoms with E-state index in [2.05, 4.69) is 26.2 Å². The second-order valence-corrected chi connectivity index (χ2v) is 4.62. The van der Waals surface area contributed by atoms with Crippen LogP contribution in [0.15, 0.2) is 18.3 Å². The molecular formula is C12H20N4O. The average Bonchev–Trinajstić information content (AvgIpc) is 2.54. The van der Waals surface area contributed by atoms with E-state index in [1.54, 1.807) is 11.6 Å². The number of hydrogen-bond acceptors (Lipinski definition) is 3. The van der Waals surface area contributed by atoms with Gasteiger partial charge >= 0.3 is 0 Å². The smallest absolute Gasteiger partial charge is 0.257 e. The summed E-state index contributed by atoms with van der Waals surface area (Å²) >= 11 is 0. The number of fused-ring (bicyclic) bond motifs is 1. The Balaban J connectivity index is 0.00000144. The van der Waals surface area contributed by atoms with Crippen LogP contribution in [0.25, 0.3) is 5.52 Å². The highest BCUT2D eigenvalue weighted by atomic mass is 16.5. The first-order chi connectivity index (χ1) is 7.45. The lowest BCUT2D eigenvalue weighted by Crippen LogP contribution is -2.35. The Kier molecular flexibility index (Phi) is 3.33. The largest absolute Gasteiger partial charge is 0.478 e. The van der Waals surface area contributed by atoms with Crippen molar-refractivity contribution in [1.82, 2.24) is 14.1 Å². The third-order valence-electron chi connectivity index (χ3n) is 2.55. The summed E-state index contributed by atoms with van der Waals surface area (Å²) in [7, 11) is 7.85. The Bertz CT molecular complexity index is 525. The molecule has 2 heterocycles. The Hall–Kier alpha value is -1.75. The number of rotatable bonds is 2. The average molecular weight is 236 g/mol. The Morgan fingerprint density at radius 1 is 1.35 bits per heavy atom. The zero-order valence-corrected chi connectivity index (χ0v) is 11.1. The molecule has 0 unspecified atom stereocenters. The first-order valence-corrected chi connectivity index (χ1v) is 5.08. The van der Waals surface area contributed by atoms with Gasteiger partial charge in [0.1, 0.15) is 5.69 Å². The van der Waals surface area contributed by atoms with Gasteiger partial charge in [0.05, 0.1) is 28.3 Å². The van der Waals surface area contributed by atoms with Crippen LogP contribution in [0.1, 0.15) is 0 Å². The number of nitrogens with zero attached hydrogens (tertiary/aromatic N) is 3. The van der Waals surface area contributed by atoms with Crippen molar-refractivity contribution in [1.29, 1.82) is 0 Å². The molecule has 2 rings (SSSR count). The third kappa shape index (κ3) is 2.06. The predicted molar refractivity (Wildman–Crippen MR) is 72.1 cm³/mol. The van der Waals surface area contributed by atoms with E-state index < -0.39 is 0 Å². The van der Waals surface area contributed by atoms with Crippen LogP contribution in [0.2, 0.25) is 0 Å². The Morgan fingerprint density at radius 2 is 2.00 bits per heavy atom. The molecule has 2 N–H and O–H groups in total. The molecule has 0 aliphatic carbocycles. The summed E-state index contributed by atoms with van der Waals surface area (Å²) in [5.41, 5.74) is 8.63. The van der Waals surface area contributed by atoms with Crippen LogP contribution in [-0.4, -0.2) is 37.9 Å². The highest BCUT2D eigenvalue weighted by molar-refractivity contribution is 5.86. The zero-order valence-electron chi connectivity index (χ0n) is 11.1. The summed E-state index contributed by atoms with van der Waals surface area (Å²) in [5.74, 6) is 0.473. The summed E-state index contributed by atoms with van der Waals surface area (Å²) in [4.78, 5) is 0. The standard InChI is InChI=1S/C11H17N4O.CH3/c1-15(2,3)8-6-5-7-14-10(8)9(12)11(13-14)16-4;/h5-7H,12H2,1-4H3;1H3/q+1;-1. The first-order valence-electron chi connectivity index (χ1n) is 5.08. The number of nitrogens with two attached hydrogens (primary N) is 1. The number of hydrogen-bond donors (Lipinski definition) is 1.